The predicted molar refractivity (Wildman–Crippen MR) is 212 cm³/mol. The fraction of sp³-hybridized carbons (Fsp3) is 0.936. The molecule has 2 nitrogen and oxygen atoms in total. The average molecular weight is 681 g/mol. The van der Waals surface area contributed by atoms with Crippen LogP contribution >= 0.6 is 0 Å². The molecule has 0 aliphatic heterocycles. The summed E-state index contributed by atoms with van der Waals surface area (Å²) in [5, 5.41) is 0. The molecule has 0 heterocycles. The highest BCUT2D eigenvalue weighted by molar-refractivity contribution is 5.72. The van der Waals surface area contributed by atoms with Crippen molar-refractivity contribution in [2.45, 2.75) is 228 Å². The van der Waals surface area contributed by atoms with Gasteiger partial charge in [0.25, 0.3) is 0 Å². The van der Waals surface area contributed by atoms with E-state index >= 15 is 0 Å². The maximum absolute atomic E-state index is 13.8. The minimum Gasteiger partial charge on any atom is -0.462 e. The summed E-state index contributed by atoms with van der Waals surface area (Å²) >= 11 is 0. The molecule has 0 N–H and O–H groups in total. The molecule has 3 fully saturated rings. The molecule has 0 spiro atoms. The molecule has 4 aliphatic rings. The van der Waals surface area contributed by atoms with E-state index in [9.17, 15) is 4.79 Å². The third kappa shape index (κ3) is 11.1. The van der Waals surface area contributed by atoms with E-state index < -0.39 is 0 Å². The number of unbranched alkanes of at least 4 members (excludes halogenated alkanes) is 12. The standard InChI is InChI=1S/C47H84O2/c1-8-10-12-14-16-17-19-21-26-38(25-20-18-15-13-11-9-2)45(48)49-40-31-33-46(6)39(35-40)27-28-41-43-30-29-42(37(5)24-22-23-36(3)4)47(43,7)34-32-44(41)46/h27,36-38,40-44H,8-26,28-35H2,1-7H3/t37-,38?,40?,41?,42-,43?,44?,46+,47-/m1/s1. The fourth-order valence-corrected chi connectivity index (χ4v) is 12.1. The molecule has 3 saturated carbocycles. The minimum atomic E-state index is 0.102. The van der Waals surface area contributed by atoms with Crippen molar-refractivity contribution in [1.82, 2.24) is 0 Å². The third-order valence-electron chi connectivity index (χ3n) is 15.2. The van der Waals surface area contributed by atoms with E-state index in [1.165, 1.54) is 148 Å². The lowest BCUT2D eigenvalue weighted by Crippen LogP contribution is -2.51. The lowest BCUT2D eigenvalue weighted by molar-refractivity contribution is -0.157. The topological polar surface area (TPSA) is 26.3 Å². The van der Waals surface area contributed by atoms with Crippen LogP contribution in [-0.4, -0.2) is 12.1 Å². The van der Waals surface area contributed by atoms with Gasteiger partial charge >= 0.3 is 5.97 Å². The zero-order valence-corrected chi connectivity index (χ0v) is 34.1. The first-order valence-corrected chi connectivity index (χ1v) is 22.5. The Bertz CT molecular complexity index is 981. The van der Waals surface area contributed by atoms with Gasteiger partial charge in [0, 0.05) is 6.42 Å². The van der Waals surface area contributed by atoms with Crippen molar-refractivity contribution in [3.05, 3.63) is 11.6 Å². The summed E-state index contributed by atoms with van der Waals surface area (Å²) in [7, 11) is 0. The molecule has 9 atom stereocenters. The Morgan fingerprint density at radius 1 is 0.714 bits per heavy atom. The van der Waals surface area contributed by atoms with Crippen LogP contribution in [0.25, 0.3) is 0 Å². The van der Waals surface area contributed by atoms with Crippen molar-refractivity contribution in [2.75, 3.05) is 0 Å². The van der Waals surface area contributed by atoms with E-state index in [2.05, 4.69) is 54.5 Å². The first-order chi connectivity index (χ1) is 23.6. The van der Waals surface area contributed by atoms with Gasteiger partial charge in [-0.05, 0) is 104 Å². The zero-order valence-electron chi connectivity index (χ0n) is 34.1. The zero-order chi connectivity index (χ0) is 35.3. The molecule has 0 aromatic heterocycles. The molecular formula is C47H84O2. The third-order valence-corrected chi connectivity index (χ3v) is 15.2. The molecule has 0 amide bonds. The Labute approximate surface area is 306 Å². The summed E-state index contributed by atoms with van der Waals surface area (Å²) in [6.07, 6.45) is 37.9. The van der Waals surface area contributed by atoms with Crippen LogP contribution in [0.1, 0.15) is 222 Å². The molecule has 49 heavy (non-hydrogen) atoms. The summed E-state index contributed by atoms with van der Waals surface area (Å²) in [6.45, 7) is 17.3. The van der Waals surface area contributed by atoms with Crippen molar-refractivity contribution in [1.29, 1.82) is 0 Å². The lowest BCUT2D eigenvalue weighted by Gasteiger charge is -2.58. The van der Waals surface area contributed by atoms with Gasteiger partial charge in [-0.25, -0.2) is 0 Å². The normalized spacial score (nSPS) is 32.2. The van der Waals surface area contributed by atoms with E-state index in [0.29, 0.717) is 10.8 Å². The van der Waals surface area contributed by atoms with Crippen molar-refractivity contribution in [3.63, 3.8) is 0 Å². The Kier molecular flexibility index (Phi) is 17.1. The van der Waals surface area contributed by atoms with Crippen LogP contribution in [0.3, 0.4) is 0 Å². The van der Waals surface area contributed by atoms with E-state index in [1.54, 1.807) is 5.57 Å². The van der Waals surface area contributed by atoms with Crippen LogP contribution < -0.4 is 0 Å². The number of carbonyl (C=O) groups excluding carboxylic acids is 1. The number of esters is 1. The number of hydrogen-bond acceptors (Lipinski definition) is 2. The Balaban J connectivity index is 1.30. The van der Waals surface area contributed by atoms with Crippen LogP contribution in [-0.2, 0) is 9.53 Å². The minimum absolute atomic E-state index is 0.102. The second kappa shape index (κ2) is 20.5. The van der Waals surface area contributed by atoms with E-state index in [0.717, 1.165) is 61.2 Å². The highest BCUT2D eigenvalue weighted by Gasteiger charge is 2.59. The number of carbonyl (C=O) groups is 1. The molecule has 284 valence electrons. The molecule has 4 aliphatic carbocycles. The van der Waals surface area contributed by atoms with Gasteiger partial charge in [0.2, 0.25) is 0 Å². The number of rotatable bonds is 23. The molecule has 0 radical (unpaired) electrons. The van der Waals surface area contributed by atoms with Gasteiger partial charge in [0.15, 0.2) is 0 Å². The molecular weight excluding hydrogens is 597 g/mol. The van der Waals surface area contributed by atoms with Gasteiger partial charge in [0.1, 0.15) is 6.10 Å². The van der Waals surface area contributed by atoms with Gasteiger partial charge in [-0.2, -0.15) is 0 Å². The van der Waals surface area contributed by atoms with Gasteiger partial charge in [-0.15, -0.1) is 0 Å². The molecule has 5 unspecified atom stereocenters. The van der Waals surface area contributed by atoms with E-state index in [-0.39, 0.29) is 18.0 Å². The summed E-state index contributed by atoms with van der Waals surface area (Å²) in [5.74, 6) is 5.51. The van der Waals surface area contributed by atoms with Crippen LogP contribution in [0, 0.1) is 52.3 Å². The Morgan fingerprint density at radius 3 is 1.94 bits per heavy atom. The molecule has 0 bridgehead atoms. The van der Waals surface area contributed by atoms with E-state index in [1.807, 2.05) is 0 Å². The van der Waals surface area contributed by atoms with E-state index in [4.69, 9.17) is 4.74 Å². The first-order valence-electron chi connectivity index (χ1n) is 22.5. The summed E-state index contributed by atoms with van der Waals surface area (Å²) in [6, 6.07) is 0. The van der Waals surface area contributed by atoms with Crippen LogP contribution in [0.15, 0.2) is 11.6 Å². The lowest BCUT2D eigenvalue weighted by atomic mass is 9.47. The second-order valence-electron chi connectivity index (χ2n) is 19.1. The fourth-order valence-electron chi connectivity index (χ4n) is 12.1. The van der Waals surface area contributed by atoms with Crippen molar-refractivity contribution in [3.8, 4) is 0 Å². The molecule has 4 rings (SSSR count). The predicted octanol–water partition coefficient (Wildman–Crippen LogP) is 14.8. The summed E-state index contributed by atoms with van der Waals surface area (Å²) < 4.78 is 6.49. The maximum Gasteiger partial charge on any atom is 0.309 e. The number of allylic oxidation sites excluding steroid dienone is 1. The second-order valence-corrected chi connectivity index (χ2v) is 19.1. The average Bonchev–Trinajstić information content (AvgIpc) is 3.43. The largest absolute Gasteiger partial charge is 0.462 e. The molecule has 2 heteroatoms. The Morgan fingerprint density at radius 2 is 1.33 bits per heavy atom. The number of fused-ring (bicyclic) bond motifs is 5. The van der Waals surface area contributed by atoms with Gasteiger partial charge in [-0.3, -0.25) is 4.79 Å². The van der Waals surface area contributed by atoms with Crippen LogP contribution in [0.2, 0.25) is 0 Å². The number of hydrogen-bond donors (Lipinski definition) is 0. The van der Waals surface area contributed by atoms with Crippen LogP contribution in [0.5, 0.6) is 0 Å². The van der Waals surface area contributed by atoms with Gasteiger partial charge in [-0.1, -0.05) is 169 Å². The Hall–Kier alpha value is -0.790. The van der Waals surface area contributed by atoms with Gasteiger partial charge < -0.3 is 4.74 Å². The SMILES string of the molecule is CCCCCCCCCCC(CCCCCCCC)C(=O)OC1CC[C@@]2(C)C(=CCC3C2CC[C@@]2(C)C3CC[C@@H]2[C@H](C)CCCC(C)C)C1. The molecule has 0 saturated heterocycles. The van der Waals surface area contributed by atoms with Gasteiger partial charge in [0.05, 0.1) is 5.92 Å². The highest BCUT2D eigenvalue weighted by Crippen LogP contribution is 2.67. The molecule has 0 aromatic rings. The summed E-state index contributed by atoms with van der Waals surface area (Å²) in [5.41, 5.74) is 2.53. The van der Waals surface area contributed by atoms with Crippen LogP contribution in [0.4, 0.5) is 0 Å². The molecule has 0 aromatic carbocycles. The first kappa shape index (κ1) is 41.0. The monoisotopic (exact) mass is 681 g/mol. The smallest absolute Gasteiger partial charge is 0.309 e. The van der Waals surface area contributed by atoms with Crippen molar-refractivity contribution >= 4 is 5.97 Å². The maximum atomic E-state index is 13.8. The quantitative estimate of drug-likeness (QED) is 0.0610. The number of ether oxygens (including phenoxy) is 1. The van der Waals surface area contributed by atoms with Crippen molar-refractivity contribution in [2.24, 2.45) is 52.3 Å². The van der Waals surface area contributed by atoms with Crippen molar-refractivity contribution < 1.29 is 9.53 Å². The highest BCUT2D eigenvalue weighted by atomic mass is 16.5. The summed E-state index contributed by atoms with van der Waals surface area (Å²) in [4.78, 5) is 13.8.